The molecule has 0 spiro atoms. The van der Waals surface area contributed by atoms with E-state index in [9.17, 15) is 14.4 Å². The molecule has 5 heteroatoms. The zero-order valence-corrected chi connectivity index (χ0v) is 14.1. The van der Waals surface area contributed by atoms with Crippen LogP contribution in [0.4, 0.5) is 0 Å². The normalized spacial score (nSPS) is 34.9. The van der Waals surface area contributed by atoms with Crippen LogP contribution in [0.3, 0.4) is 0 Å². The highest BCUT2D eigenvalue weighted by Gasteiger charge is 2.54. The summed E-state index contributed by atoms with van der Waals surface area (Å²) >= 11 is 0. The molecule has 0 bridgehead atoms. The van der Waals surface area contributed by atoms with E-state index in [-0.39, 0.29) is 35.9 Å². The second kappa shape index (κ2) is 7.02. The number of carboxylic acid groups (broad SMARTS) is 2. The second-order valence-corrected chi connectivity index (χ2v) is 7.71. The van der Waals surface area contributed by atoms with Crippen molar-refractivity contribution in [2.45, 2.75) is 65.2 Å². The maximum atomic E-state index is 12.3. The minimum atomic E-state index is -0.838. The van der Waals surface area contributed by atoms with Gasteiger partial charge in [0.1, 0.15) is 5.78 Å². The monoisotopic (exact) mass is 324 g/mol. The molecule has 0 aromatic rings. The van der Waals surface area contributed by atoms with Crippen LogP contribution < -0.4 is 0 Å². The van der Waals surface area contributed by atoms with Gasteiger partial charge in [-0.15, -0.1) is 0 Å². The molecule has 0 aromatic heterocycles. The third-order valence-corrected chi connectivity index (χ3v) is 6.46. The summed E-state index contributed by atoms with van der Waals surface area (Å²) in [6.07, 6.45) is 4.78. The van der Waals surface area contributed by atoms with Gasteiger partial charge >= 0.3 is 11.9 Å². The van der Waals surface area contributed by atoms with Gasteiger partial charge in [-0.1, -0.05) is 13.8 Å². The Hall–Kier alpha value is -1.39. The molecule has 23 heavy (non-hydrogen) atoms. The fourth-order valence-electron chi connectivity index (χ4n) is 5.26. The standard InChI is InChI=1S/C18H28O5/c1-11(3-7-16(20)21)13-5-6-14-12(4-8-17(22)23)15(19)9-10-18(13,14)2/h11-14H,3-10H2,1-2H3,(H,20,21)(H,22,23). The molecule has 0 aliphatic heterocycles. The summed E-state index contributed by atoms with van der Waals surface area (Å²) in [7, 11) is 0. The molecule has 2 aliphatic carbocycles. The van der Waals surface area contributed by atoms with Crippen LogP contribution in [0, 0.1) is 29.1 Å². The molecule has 130 valence electrons. The summed E-state index contributed by atoms with van der Waals surface area (Å²) in [6, 6.07) is 0. The predicted molar refractivity (Wildman–Crippen MR) is 85.0 cm³/mol. The molecule has 5 nitrogen and oxygen atoms in total. The first-order valence-electron chi connectivity index (χ1n) is 8.72. The molecular weight excluding hydrogens is 296 g/mol. The summed E-state index contributed by atoms with van der Waals surface area (Å²) in [4.78, 5) is 34.0. The van der Waals surface area contributed by atoms with Crippen molar-refractivity contribution < 1.29 is 24.6 Å². The molecule has 2 fully saturated rings. The number of ketones is 1. The SMILES string of the molecule is CC(CCC(=O)O)C1CCC2C(CCC(=O)O)C(=O)CCC12C. The number of carboxylic acids is 2. The van der Waals surface area contributed by atoms with E-state index >= 15 is 0 Å². The van der Waals surface area contributed by atoms with Crippen molar-refractivity contribution in [2.75, 3.05) is 0 Å². The van der Waals surface area contributed by atoms with Gasteiger partial charge in [-0.05, 0) is 55.3 Å². The van der Waals surface area contributed by atoms with Crippen molar-refractivity contribution in [1.82, 2.24) is 0 Å². The van der Waals surface area contributed by atoms with E-state index in [1.54, 1.807) is 0 Å². The lowest BCUT2D eigenvalue weighted by Gasteiger charge is -2.46. The summed E-state index contributed by atoms with van der Waals surface area (Å²) < 4.78 is 0. The Morgan fingerprint density at radius 3 is 2.48 bits per heavy atom. The molecule has 0 amide bonds. The van der Waals surface area contributed by atoms with Gasteiger partial charge in [0.2, 0.25) is 0 Å². The van der Waals surface area contributed by atoms with E-state index in [4.69, 9.17) is 10.2 Å². The Balaban J connectivity index is 2.09. The third kappa shape index (κ3) is 3.75. The minimum Gasteiger partial charge on any atom is -0.481 e. The van der Waals surface area contributed by atoms with Crippen LogP contribution in [0.1, 0.15) is 65.2 Å². The Labute approximate surface area is 137 Å². The van der Waals surface area contributed by atoms with E-state index in [0.717, 1.165) is 19.3 Å². The number of rotatable bonds is 7. The van der Waals surface area contributed by atoms with Crippen molar-refractivity contribution in [3.63, 3.8) is 0 Å². The largest absolute Gasteiger partial charge is 0.481 e. The molecule has 5 unspecified atom stereocenters. The highest BCUT2D eigenvalue weighted by atomic mass is 16.4. The highest BCUT2D eigenvalue weighted by Crippen LogP contribution is 2.59. The Bertz CT molecular complexity index is 486. The van der Waals surface area contributed by atoms with E-state index in [2.05, 4.69) is 13.8 Å². The topological polar surface area (TPSA) is 91.7 Å². The molecule has 0 heterocycles. The average Bonchev–Trinajstić information content (AvgIpc) is 2.81. The van der Waals surface area contributed by atoms with Crippen LogP contribution in [0.25, 0.3) is 0 Å². The van der Waals surface area contributed by atoms with Gasteiger partial charge in [-0.2, -0.15) is 0 Å². The lowest BCUT2D eigenvalue weighted by molar-refractivity contribution is -0.139. The molecule has 2 N–H and O–H groups in total. The molecule has 0 radical (unpaired) electrons. The zero-order valence-electron chi connectivity index (χ0n) is 14.1. The first-order chi connectivity index (χ1) is 10.8. The van der Waals surface area contributed by atoms with Crippen LogP contribution in [-0.2, 0) is 14.4 Å². The second-order valence-electron chi connectivity index (χ2n) is 7.71. The van der Waals surface area contributed by atoms with Crippen molar-refractivity contribution >= 4 is 17.7 Å². The summed E-state index contributed by atoms with van der Waals surface area (Å²) in [5, 5.41) is 17.8. The fraction of sp³-hybridized carbons (Fsp3) is 0.833. The Kier molecular flexibility index (Phi) is 5.48. The van der Waals surface area contributed by atoms with E-state index < -0.39 is 11.9 Å². The number of hydrogen-bond acceptors (Lipinski definition) is 3. The summed E-state index contributed by atoms with van der Waals surface area (Å²) in [5.41, 5.74) is 0.0506. The van der Waals surface area contributed by atoms with Crippen molar-refractivity contribution in [3.8, 4) is 0 Å². The molecule has 0 saturated heterocycles. The molecule has 5 atom stereocenters. The quantitative estimate of drug-likeness (QED) is 0.749. The molecular formula is C18H28O5. The van der Waals surface area contributed by atoms with Crippen LogP contribution in [-0.4, -0.2) is 27.9 Å². The number of carbonyl (C=O) groups excluding carboxylic acids is 1. The zero-order chi connectivity index (χ0) is 17.2. The van der Waals surface area contributed by atoms with E-state index in [1.165, 1.54) is 0 Å². The third-order valence-electron chi connectivity index (χ3n) is 6.46. The smallest absolute Gasteiger partial charge is 0.303 e. The number of hydrogen-bond donors (Lipinski definition) is 2. The summed E-state index contributed by atoms with van der Waals surface area (Å²) in [5.74, 6) is -0.458. The lowest BCUT2D eigenvalue weighted by atomic mass is 9.58. The average molecular weight is 324 g/mol. The lowest BCUT2D eigenvalue weighted by Crippen LogP contribution is -2.43. The predicted octanol–water partition coefficient (Wildman–Crippen LogP) is 3.36. The number of carbonyl (C=O) groups is 3. The molecule has 2 saturated carbocycles. The van der Waals surface area contributed by atoms with Gasteiger partial charge in [-0.25, -0.2) is 0 Å². The van der Waals surface area contributed by atoms with Gasteiger partial charge in [0.25, 0.3) is 0 Å². The fourth-order valence-corrected chi connectivity index (χ4v) is 5.26. The van der Waals surface area contributed by atoms with Gasteiger partial charge < -0.3 is 10.2 Å². The highest BCUT2D eigenvalue weighted by molar-refractivity contribution is 5.83. The van der Waals surface area contributed by atoms with E-state index in [0.29, 0.717) is 31.1 Å². The van der Waals surface area contributed by atoms with Crippen molar-refractivity contribution in [2.24, 2.45) is 29.1 Å². The van der Waals surface area contributed by atoms with E-state index in [1.807, 2.05) is 0 Å². The van der Waals surface area contributed by atoms with Crippen LogP contribution >= 0.6 is 0 Å². The van der Waals surface area contributed by atoms with Crippen molar-refractivity contribution in [3.05, 3.63) is 0 Å². The number of Topliss-reactive ketones (excluding diaryl/α,β-unsaturated/α-hetero) is 1. The molecule has 2 aliphatic rings. The van der Waals surface area contributed by atoms with Crippen LogP contribution in [0.15, 0.2) is 0 Å². The molecule has 2 rings (SSSR count). The number of fused-ring (bicyclic) bond motifs is 1. The maximum absolute atomic E-state index is 12.3. The van der Waals surface area contributed by atoms with Gasteiger partial charge in [0.05, 0.1) is 0 Å². The molecule has 0 aromatic carbocycles. The van der Waals surface area contributed by atoms with Gasteiger partial charge in [0.15, 0.2) is 0 Å². The minimum absolute atomic E-state index is 0.0506. The van der Waals surface area contributed by atoms with Crippen LogP contribution in [0.2, 0.25) is 0 Å². The Morgan fingerprint density at radius 1 is 1.22 bits per heavy atom. The first kappa shape index (κ1) is 18.0. The summed E-state index contributed by atoms with van der Waals surface area (Å²) in [6.45, 7) is 4.37. The maximum Gasteiger partial charge on any atom is 0.303 e. The Morgan fingerprint density at radius 2 is 1.87 bits per heavy atom. The van der Waals surface area contributed by atoms with Gasteiger partial charge in [0, 0.05) is 25.2 Å². The van der Waals surface area contributed by atoms with Crippen LogP contribution in [0.5, 0.6) is 0 Å². The van der Waals surface area contributed by atoms with Gasteiger partial charge in [-0.3, -0.25) is 14.4 Å². The van der Waals surface area contributed by atoms with Crippen molar-refractivity contribution in [1.29, 1.82) is 0 Å². The first-order valence-corrected chi connectivity index (χ1v) is 8.72. The number of aliphatic carboxylic acids is 2.